The summed E-state index contributed by atoms with van der Waals surface area (Å²) in [5, 5.41) is 5.11. The second kappa shape index (κ2) is 13.3. The van der Waals surface area contributed by atoms with Gasteiger partial charge in [-0.15, -0.1) is 0 Å². The molecule has 7 nitrogen and oxygen atoms in total. The largest absolute Gasteiger partial charge is 0.496 e. The third-order valence-electron chi connectivity index (χ3n) is 7.15. The number of aryl methyl sites for hydroxylation is 1. The average molecular weight is 723 g/mol. The molecule has 0 bridgehead atoms. The fourth-order valence-corrected chi connectivity index (χ4v) is 5.79. The van der Waals surface area contributed by atoms with E-state index in [2.05, 4.69) is 50.8 Å². The van der Waals surface area contributed by atoms with Crippen molar-refractivity contribution in [2.75, 3.05) is 14.2 Å². The number of hydrogen-bond donors (Lipinski definition) is 0. The first-order valence-electron chi connectivity index (χ1n) is 13.8. The zero-order valence-electron chi connectivity index (χ0n) is 24.8. The molecule has 0 radical (unpaired) electrons. The molecule has 0 amide bonds. The summed E-state index contributed by atoms with van der Waals surface area (Å²) in [6, 6.07) is 19.1. The monoisotopic (exact) mass is 721 g/mol. The van der Waals surface area contributed by atoms with Gasteiger partial charge in [0.1, 0.15) is 18.2 Å². The molecule has 0 N–H and O–H groups in total. The number of nitrogens with zero attached hydrogens (tertiary/aromatic N) is 3. The van der Waals surface area contributed by atoms with Crippen LogP contribution in [-0.2, 0) is 6.61 Å². The van der Waals surface area contributed by atoms with Crippen molar-refractivity contribution in [2.24, 2.45) is 5.10 Å². The molecule has 1 heterocycles. The van der Waals surface area contributed by atoms with Gasteiger partial charge in [0.2, 0.25) is 0 Å². The van der Waals surface area contributed by atoms with Crippen LogP contribution < -0.4 is 19.8 Å². The normalized spacial score (nSPS) is 11.5. The van der Waals surface area contributed by atoms with E-state index >= 15 is 0 Å². The molecular weight excluding hydrogens is 693 g/mol. The van der Waals surface area contributed by atoms with Crippen LogP contribution in [0.15, 0.2) is 85.6 Å². The molecule has 0 saturated heterocycles. The number of halogens is 3. The number of rotatable bonds is 9. The van der Waals surface area contributed by atoms with Gasteiger partial charge in [-0.2, -0.15) is 9.78 Å². The lowest BCUT2D eigenvalue weighted by atomic mass is 9.96. The summed E-state index contributed by atoms with van der Waals surface area (Å²) in [6.07, 6.45) is 1.57. The van der Waals surface area contributed by atoms with Crippen LogP contribution in [0, 0.1) is 12.7 Å². The molecule has 0 aliphatic heterocycles. The van der Waals surface area contributed by atoms with Crippen LogP contribution in [0.1, 0.15) is 42.0 Å². The maximum absolute atomic E-state index is 13.9. The number of ether oxygens (including phenoxy) is 3. The van der Waals surface area contributed by atoms with E-state index in [1.807, 2.05) is 31.2 Å². The Balaban J connectivity index is 1.62. The molecule has 0 fully saturated rings. The lowest BCUT2D eigenvalue weighted by molar-refractivity contribution is 0.282. The van der Waals surface area contributed by atoms with Gasteiger partial charge in [-0.3, -0.25) is 4.79 Å². The van der Waals surface area contributed by atoms with E-state index < -0.39 is 0 Å². The summed E-state index contributed by atoms with van der Waals surface area (Å²) in [7, 11) is 3.18. The van der Waals surface area contributed by atoms with Gasteiger partial charge in [0.15, 0.2) is 17.3 Å². The van der Waals surface area contributed by atoms with Gasteiger partial charge in [0.25, 0.3) is 5.56 Å². The summed E-state index contributed by atoms with van der Waals surface area (Å²) in [5.74, 6) is 1.88. The molecule has 5 aromatic rings. The number of fused-ring (bicyclic) bond motifs is 1. The van der Waals surface area contributed by atoms with Crippen LogP contribution >= 0.6 is 31.9 Å². The minimum absolute atomic E-state index is 0.133. The van der Waals surface area contributed by atoms with Crippen molar-refractivity contribution in [1.29, 1.82) is 0 Å². The SMILES string of the molecule is COc1cc(C)c(-c2nc3ccccc3c(=O)n2N=Cc2cc(OC)c(OCc3cccc(F)c3)c(Br)c2Br)cc1C(C)C. The lowest BCUT2D eigenvalue weighted by Crippen LogP contribution is -2.21. The van der Waals surface area contributed by atoms with Crippen LogP contribution in [0.5, 0.6) is 17.2 Å². The van der Waals surface area contributed by atoms with E-state index in [1.54, 1.807) is 43.7 Å². The van der Waals surface area contributed by atoms with Crippen molar-refractivity contribution in [3.63, 3.8) is 0 Å². The minimum atomic E-state index is -0.340. The smallest absolute Gasteiger partial charge is 0.282 e. The van der Waals surface area contributed by atoms with E-state index in [0.29, 0.717) is 48.3 Å². The third kappa shape index (κ3) is 6.27. The molecule has 0 spiro atoms. The Hall–Kier alpha value is -4.02. The third-order valence-corrected chi connectivity index (χ3v) is 9.30. The summed E-state index contributed by atoms with van der Waals surface area (Å²) in [5.41, 5.74) is 4.22. The molecule has 0 saturated carbocycles. The Labute approximate surface area is 271 Å². The van der Waals surface area contributed by atoms with Gasteiger partial charge in [-0.05, 0) is 104 Å². The molecule has 1 aromatic heterocycles. The van der Waals surface area contributed by atoms with Crippen molar-refractivity contribution in [3.8, 4) is 28.6 Å². The van der Waals surface area contributed by atoms with Crippen LogP contribution in [-0.4, -0.2) is 30.1 Å². The van der Waals surface area contributed by atoms with Crippen molar-refractivity contribution in [2.45, 2.75) is 33.3 Å². The number of methoxy groups -OCH3 is 2. The maximum atomic E-state index is 13.9. The zero-order valence-corrected chi connectivity index (χ0v) is 28.0. The molecule has 0 unspecified atom stereocenters. The number of aromatic nitrogens is 2. The Morgan fingerprint density at radius 1 is 0.977 bits per heavy atom. The first kappa shape index (κ1) is 31.4. The molecular formula is C34H30Br2FN3O4. The van der Waals surface area contributed by atoms with E-state index in [-0.39, 0.29) is 23.9 Å². The molecule has 10 heteroatoms. The molecule has 0 aliphatic rings. The Kier molecular flexibility index (Phi) is 9.51. The lowest BCUT2D eigenvalue weighted by Gasteiger charge is -2.17. The predicted octanol–water partition coefficient (Wildman–Crippen LogP) is 8.64. The Morgan fingerprint density at radius 3 is 2.43 bits per heavy atom. The molecule has 226 valence electrons. The second-order valence-electron chi connectivity index (χ2n) is 10.4. The van der Waals surface area contributed by atoms with E-state index in [0.717, 1.165) is 22.4 Å². The minimum Gasteiger partial charge on any atom is -0.496 e. The average Bonchev–Trinajstić information content (AvgIpc) is 3.01. The highest BCUT2D eigenvalue weighted by atomic mass is 79.9. The van der Waals surface area contributed by atoms with E-state index in [4.69, 9.17) is 19.2 Å². The highest BCUT2D eigenvalue weighted by Gasteiger charge is 2.20. The van der Waals surface area contributed by atoms with Crippen LogP contribution in [0.3, 0.4) is 0 Å². The first-order valence-corrected chi connectivity index (χ1v) is 15.4. The topological polar surface area (TPSA) is 74.9 Å². The number of hydrogen-bond acceptors (Lipinski definition) is 6. The highest BCUT2D eigenvalue weighted by Crippen LogP contribution is 2.43. The van der Waals surface area contributed by atoms with Crippen molar-refractivity contribution < 1.29 is 18.6 Å². The van der Waals surface area contributed by atoms with Crippen LogP contribution in [0.4, 0.5) is 4.39 Å². The van der Waals surface area contributed by atoms with Crippen molar-refractivity contribution >= 4 is 49.0 Å². The summed E-state index contributed by atoms with van der Waals surface area (Å²) in [6.45, 7) is 6.26. The highest BCUT2D eigenvalue weighted by molar-refractivity contribution is 9.13. The molecule has 44 heavy (non-hydrogen) atoms. The van der Waals surface area contributed by atoms with Crippen LogP contribution in [0.2, 0.25) is 0 Å². The fourth-order valence-electron chi connectivity index (χ4n) is 4.86. The fraction of sp³-hybridized carbons (Fsp3) is 0.206. The van der Waals surface area contributed by atoms with Gasteiger partial charge < -0.3 is 14.2 Å². The van der Waals surface area contributed by atoms with E-state index in [1.165, 1.54) is 23.9 Å². The Bertz CT molecular complexity index is 1960. The molecule has 4 aromatic carbocycles. The number of para-hydroxylation sites is 1. The standard InChI is InChI=1S/C34H30Br2FN3O4/c1-19(2)25-16-26(20(3)13-28(25)42-4)33-39-27-12-7-6-11-24(27)34(41)40(33)38-17-22-15-29(43-5)32(31(36)30(22)35)44-18-21-9-8-10-23(37)14-21/h6-17,19H,18H2,1-5H3. The van der Waals surface area contributed by atoms with Gasteiger partial charge in [0, 0.05) is 15.6 Å². The second-order valence-corrected chi connectivity index (χ2v) is 12.0. The zero-order chi connectivity index (χ0) is 31.5. The molecule has 5 rings (SSSR count). The quantitative estimate of drug-likeness (QED) is 0.143. The van der Waals surface area contributed by atoms with Crippen LogP contribution in [0.25, 0.3) is 22.3 Å². The predicted molar refractivity (Wildman–Crippen MR) is 179 cm³/mol. The Morgan fingerprint density at radius 2 is 1.73 bits per heavy atom. The molecule has 0 atom stereocenters. The maximum Gasteiger partial charge on any atom is 0.282 e. The summed E-state index contributed by atoms with van der Waals surface area (Å²) in [4.78, 5) is 18.8. The van der Waals surface area contributed by atoms with Gasteiger partial charge in [-0.25, -0.2) is 9.37 Å². The summed E-state index contributed by atoms with van der Waals surface area (Å²) < 4.78 is 33.5. The molecule has 0 aliphatic carbocycles. The van der Waals surface area contributed by atoms with E-state index in [9.17, 15) is 9.18 Å². The van der Waals surface area contributed by atoms with Gasteiger partial charge in [-0.1, -0.05) is 38.1 Å². The van der Waals surface area contributed by atoms with Gasteiger partial charge in [0.05, 0.1) is 35.8 Å². The first-order chi connectivity index (χ1) is 21.1. The van der Waals surface area contributed by atoms with Gasteiger partial charge >= 0.3 is 0 Å². The van der Waals surface area contributed by atoms with Crippen molar-refractivity contribution in [1.82, 2.24) is 9.66 Å². The van der Waals surface area contributed by atoms with Crippen molar-refractivity contribution in [3.05, 3.63) is 114 Å². The summed E-state index contributed by atoms with van der Waals surface area (Å²) >= 11 is 7.23. The number of benzene rings is 4.